The standard InChI is InChI=1S/C35H58O3S/c1-23(2)24-9-11-25(12-10-24)28-21-31(26-13-17-29(18-14-26)34(3,4)5)33(39(36,37)38)32(22-28)27-15-19-30(20-16-27)35(6,7)8/h21-27,29-30H,9-20H2,1-8H3,(H,36,37,38). The number of benzene rings is 1. The summed E-state index contributed by atoms with van der Waals surface area (Å²) >= 11 is 0. The van der Waals surface area contributed by atoms with E-state index in [1.807, 2.05) is 0 Å². The summed E-state index contributed by atoms with van der Waals surface area (Å²) in [5.74, 6) is 3.82. The van der Waals surface area contributed by atoms with Gasteiger partial charge >= 0.3 is 0 Å². The zero-order valence-corrected chi connectivity index (χ0v) is 27.2. The van der Waals surface area contributed by atoms with Gasteiger partial charge < -0.3 is 0 Å². The Labute approximate surface area is 241 Å². The molecule has 4 heteroatoms. The van der Waals surface area contributed by atoms with Crippen molar-refractivity contribution in [2.45, 2.75) is 155 Å². The van der Waals surface area contributed by atoms with Gasteiger partial charge in [0.25, 0.3) is 10.1 Å². The lowest BCUT2D eigenvalue weighted by atomic mass is 9.66. The Morgan fingerprint density at radius 3 is 1.31 bits per heavy atom. The van der Waals surface area contributed by atoms with E-state index in [4.69, 9.17) is 0 Å². The number of rotatable bonds is 5. The predicted octanol–water partition coefficient (Wildman–Crippen LogP) is 10.5. The van der Waals surface area contributed by atoms with Gasteiger partial charge in [-0.15, -0.1) is 0 Å². The summed E-state index contributed by atoms with van der Waals surface area (Å²) in [4.78, 5) is 0.292. The fourth-order valence-corrected chi connectivity index (χ4v) is 9.55. The monoisotopic (exact) mass is 558 g/mol. The molecule has 0 radical (unpaired) electrons. The van der Waals surface area contributed by atoms with Gasteiger partial charge in [-0.25, -0.2) is 0 Å². The Morgan fingerprint density at radius 2 is 1.00 bits per heavy atom. The molecule has 4 rings (SSSR count). The van der Waals surface area contributed by atoms with Crippen LogP contribution in [0, 0.1) is 34.5 Å². The largest absolute Gasteiger partial charge is 0.295 e. The third-order valence-electron chi connectivity index (χ3n) is 11.4. The van der Waals surface area contributed by atoms with Crippen LogP contribution in [0.2, 0.25) is 0 Å². The first-order valence-electron chi connectivity index (χ1n) is 16.2. The summed E-state index contributed by atoms with van der Waals surface area (Å²) in [6.45, 7) is 18.7. The minimum atomic E-state index is -4.31. The molecular formula is C35H58O3S. The molecule has 0 saturated heterocycles. The Balaban J connectivity index is 1.73. The Hall–Kier alpha value is -0.870. The zero-order chi connectivity index (χ0) is 28.8. The Kier molecular flexibility index (Phi) is 9.39. The molecule has 222 valence electrons. The zero-order valence-electron chi connectivity index (χ0n) is 26.4. The van der Waals surface area contributed by atoms with E-state index in [1.165, 1.54) is 31.2 Å². The summed E-state index contributed by atoms with van der Waals surface area (Å²) in [6.07, 6.45) is 13.5. The third kappa shape index (κ3) is 7.32. The van der Waals surface area contributed by atoms with Crippen molar-refractivity contribution in [1.82, 2.24) is 0 Å². The van der Waals surface area contributed by atoms with Crippen molar-refractivity contribution in [3.8, 4) is 0 Å². The minimum Gasteiger partial charge on any atom is -0.282 e. The van der Waals surface area contributed by atoms with Crippen LogP contribution in [0.3, 0.4) is 0 Å². The van der Waals surface area contributed by atoms with Crippen LogP contribution >= 0.6 is 0 Å². The molecule has 3 saturated carbocycles. The third-order valence-corrected chi connectivity index (χ3v) is 12.4. The van der Waals surface area contributed by atoms with Gasteiger partial charge in [-0.3, -0.25) is 4.55 Å². The smallest absolute Gasteiger partial charge is 0.282 e. The van der Waals surface area contributed by atoms with E-state index in [0.717, 1.165) is 74.3 Å². The summed E-state index contributed by atoms with van der Waals surface area (Å²) in [7, 11) is -4.31. The van der Waals surface area contributed by atoms with Crippen molar-refractivity contribution in [3.05, 3.63) is 28.8 Å². The molecule has 39 heavy (non-hydrogen) atoms. The topological polar surface area (TPSA) is 54.4 Å². The summed E-state index contributed by atoms with van der Waals surface area (Å²) in [5, 5.41) is 0. The van der Waals surface area contributed by atoms with Crippen molar-refractivity contribution < 1.29 is 13.0 Å². The highest BCUT2D eigenvalue weighted by molar-refractivity contribution is 7.86. The van der Waals surface area contributed by atoms with Gasteiger partial charge in [0.2, 0.25) is 0 Å². The van der Waals surface area contributed by atoms with Crippen LogP contribution < -0.4 is 0 Å². The van der Waals surface area contributed by atoms with E-state index in [9.17, 15) is 13.0 Å². The Morgan fingerprint density at radius 1 is 0.641 bits per heavy atom. The molecule has 0 aromatic heterocycles. The van der Waals surface area contributed by atoms with Crippen LogP contribution in [0.1, 0.15) is 167 Å². The van der Waals surface area contributed by atoms with E-state index in [1.54, 1.807) is 0 Å². The molecule has 1 N–H and O–H groups in total. The second kappa shape index (κ2) is 11.8. The molecular weight excluding hydrogens is 500 g/mol. The number of hydrogen-bond acceptors (Lipinski definition) is 2. The molecule has 0 unspecified atom stereocenters. The quantitative estimate of drug-likeness (QED) is 0.366. The molecule has 1 aromatic carbocycles. The van der Waals surface area contributed by atoms with Gasteiger partial charge in [-0.05, 0) is 146 Å². The summed E-state index contributed by atoms with van der Waals surface area (Å²) in [5.41, 5.74) is 3.81. The molecule has 3 fully saturated rings. The number of hydrogen-bond donors (Lipinski definition) is 1. The summed E-state index contributed by atoms with van der Waals surface area (Å²) in [6, 6.07) is 4.49. The van der Waals surface area contributed by atoms with Crippen LogP contribution in [-0.2, 0) is 10.1 Å². The molecule has 1 aromatic rings. The van der Waals surface area contributed by atoms with Crippen LogP contribution in [0.5, 0.6) is 0 Å². The van der Waals surface area contributed by atoms with E-state index in [-0.39, 0.29) is 22.7 Å². The SMILES string of the molecule is CC(C)C1CCC(c2cc(C3CCC(C(C)(C)C)CC3)c(S(=O)(=O)O)c(C3CCC(C(C)(C)C)CC3)c2)CC1. The van der Waals surface area contributed by atoms with Gasteiger partial charge in [0.05, 0.1) is 0 Å². The van der Waals surface area contributed by atoms with Gasteiger partial charge in [0.15, 0.2) is 0 Å². The van der Waals surface area contributed by atoms with E-state index < -0.39 is 10.1 Å². The van der Waals surface area contributed by atoms with Crippen LogP contribution in [0.4, 0.5) is 0 Å². The van der Waals surface area contributed by atoms with Crippen molar-refractivity contribution in [1.29, 1.82) is 0 Å². The molecule has 3 nitrogen and oxygen atoms in total. The molecule has 0 amide bonds. The highest BCUT2D eigenvalue weighted by atomic mass is 32.2. The first-order valence-corrected chi connectivity index (χ1v) is 17.6. The normalized spacial score (nSPS) is 31.4. The molecule has 0 aliphatic heterocycles. The van der Waals surface area contributed by atoms with Crippen molar-refractivity contribution in [2.75, 3.05) is 0 Å². The fraction of sp³-hybridized carbons (Fsp3) is 0.829. The second-order valence-electron chi connectivity index (χ2n) is 16.2. The van der Waals surface area contributed by atoms with Gasteiger partial charge in [0.1, 0.15) is 4.90 Å². The highest BCUT2D eigenvalue weighted by Crippen LogP contribution is 2.50. The maximum absolute atomic E-state index is 13.2. The molecule has 0 spiro atoms. The fourth-order valence-electron chi connectivity index (χ4n) is 8.50. The molecule has 0 atom stereocenters. The Bertz CT molecular complexity index is 1010. The molecule has 0 heterocycles. The van der Waals surface area contributed by atoms with E-state index in [0.29, 0.717) is 22.6 Å². The predicted molar refractivity (Wildman–Crippen MR) is 164 cm³/mol. The molecule has 0 bridgehead atoms. The summed E-state index contributed by atoms with van der Waals surface area (Å²) < 4.78 is 37.1. The lowest BCUT2D eigenvalue weighted by molar-refractivity contribution is 0.166. The second-order valence-corrected chi connectivity index (χ2v) is 17.5. The van der Waals surface area contributed by atoms with Crippen molar-refractivity contribution in [2.24, 2.45) is 34.5 Å². The first-order chi connectivity index (χ1) is 18.1. The minimum absolute atomic E-state index is 0.220. The van der Waals surface area contributed by atoms with Crippen molar-refractivity contribution >= 4 is 10.1 Å². The van der Waals surface area contributed by atoms with Crippen LogP contribution in [0.15, 0.2) is 17.0 Å². The molecule has 3 aliphatic carbocycles. The van der Waals surface area contributed by atoms with Gasteiger partial charge in [0, 0.05) is 0 Å². The maximum Gasteiger partial charge on any atom is 0.295 e. The highest BCUT2D eigenvalue weighted by Gasteiger charge is 2.37. The average molecular weight is 559 g/mol. The van der Waals surface area contributed by atoms with Crippen molar-refractivity contribution in [3.63, 3.8) is 0 Å². The van der Waals surface area contributed by atoms with Gasteiger partial charge in [-0.2, -0.15) is 8.42 Å². The lowest BCUT2D eigenvalue weighted by Crippen LogP contribution is -2.27. The molecule has 3 aliphatic rings. The van der Waals surface area contributed by atoms with E-state index >= 15 is 0 Å². The average Bonchev–Trinajstić information content (AvgIpc) is 2.86. The lowest BCUT2D eigenvalue weighted by Gasteiger charge is -2.39. The first kappa shape index (κ1) is 31.1. The van der Waals surface area contributed by atoms with Crippen LogP contribution in [-0.4, -0.2) is 13.0 Å². The van der Waals surface area contributed by atoms with Gasteiger partial charge in [-0.1, -0.05) is 67.5 Å². The van der Waals surface area contributed by atoms with Crippen LogP contribution in [0.25, 0.3) is 0 Å². The maximum atomic E-state index is 13.2. The van der Waals surface area contributed by atoms with E-state index in [2.05, 4.69) is 67.5 Å².